The number of anilines is 1. The van der Waals surface area contributed by atoms with Gasteiger partial charge >= 0.3 is 0 Å². The quantitative estimate of drug-likeness (QED) is 0.600. The summed E-state index contributed by atoms with van der Waals surface area (Å²) >= 11 is 0. The molecule has 0 N–H and O–H groups in total. The monoisotopic (exact) mass is 287 g/mol. The van der Waals surface area contributed by atoms with Gasteiger partial charge in [-0.15, -0.1) is 0 Å². The van der Waals surface area contributed by atoms with E-state index in [4.69, 9.17) is 10.00 Å². The maximum absolute atomic E-state index is 12.1. The molecule has 0 atom stereocenters. The normalized spacial score (nSPS) is 15.0. The van der Waals surface area contributed by atoms with Crippen molar-refractivity contribution in [3.63, 3.8) is 0 Å². The molecule has 1 fully saturated rings. The third kappa shape index (κ3) is 3.31. The number of carbonyl (C=O) groups is 2. The van der Waals surface area contributed by atoms with E-state index < -0.39 is 0 Å². The summed E-state index contributed by atoms with van der Waals surface area (Å²) in [7, 11) is 1.56. The molecule has 0 radical (unpaired) electrons. The number of nitrogens with zero attached hydrogens (tertiary/aromatic N) is 3. The number of unbranched alkanes of at least 4 members (excludes halogenated alkanes) is 1. The van der Waals surface area contributed by atoms with E-state index in [1.807, 2.05) is 24.3 Å². The highest BCUT2D eigenvalue weighted by Gasteiger charge is 2.31. The van der Waals surface area contributed by atoms with Crippen molar-refractivity contribution in [2.45, 2.75) is 12.8 Å². The molecule has 0 unspecified atom stereocenters. The number of nitriles is 1. The van der Waals surface area contributed by atoms with Gasteiger partial charge in [-0.3, -0.25) is 14.5 Å². The zero-order valence-electron chi connectivity index (χ0n) is 11.9. The lowest BCUT2D eigenvalue weighted by atomic mass is 10.2. The van der Waals surface area contributed by atoms with Gasteiger partial charge in [-0.1, -0.05) is 12.1 Å². The molecule has 0 aromatic heterocycles. The Labute approximate surface area is 123 Å². The first-order chi connectivity index (χ1) is 10.2. The van der Waals surface area contributed by atoms with Crippen LogP contribution < -0.4 is 9.64 Å². The van der Waals surface area contributed by atoms with Gasteiger partial charge < -0.3 is 9.64 Å². The number of hydrogen-bond donors (Lipinski definition) is 0. The van der Waals surface area contributed by atoms with Crippen LogP contribution in [-0.2, 0) is 9.59 Å². The van der Waals surface area contributed by atoms with Crippen molar-refractivity contribution >= 4 is 17.5 Å². The number of piperazine rings is 1. The van der Waals surface area contributed by atoms with Crippen molar-refractivity contribution in [2.75, 3.05) is 31.6 Å². The fraction of sp³-hybridized carbons (Fsp3) is 0.400. The highest BCUT2D eigenvalue weighted by atomic mass is 16.5. The second-order valence-corrected chi connectivity index (χ2v) is 4.73. The highest BCUT2D eigenvalue weighted by Crippen LogP contribution is 2.28. The molecule has 1 aliphatic heterocycles. The summed E-state index contributed by atoms with van der Waals surface area (Å²) in [6.45, 7) is 0.586. The number of hydrogen-bond acceptors (Lipinski definition) is 5. The molecule has 0 bridgehead atoms. The van der Waals surface area contributed by atoms with Crippen molar-refractivity contribution in [2.24, 2.45) is 0 Å². The Bertz CT molecular complexity index is 562. The molecular weight excluding hydrogens is 270 g/mol. The fourth-order valence-corrected chi connectivity index (χ4v) is 2.32. The van der Waals surface area contributed by atoms with Crippen LogP contribution in [0.5, 0.6) is 5.75 Å². The topological polar surface area (TPSA) is 73.6 Å². The molecule has 0 spiro atoms. The van der Waals surface area contributed by atoms with E-state index in [0.717, 1.165) is 5.69 Å². The predicted molar refractivity (Wildman–Crippen MR) is 76.8 cm³/mol. The van der Waals surface area contributed by atoms with Gasteiger partial charge in [-0.05, 0) is 18.6 Å². The maximum Gasteiger partial charge on any atom is 0.248 e. The van der Waals surface area contributed by atoms with E-state index in [1.165, 1.54) is 4.90 Å². The number of benzene rings is 1. The zero-order chi connectivity index (χ0) is 15.2. The largest absolute Gasteiger partial charge is 0.495 e. The van der Waals surface area contributed by atoms with Crippen LogP contribution in [0.2, 0.25) is 0 Å². The van der Waals surface area contributed by atoms with Crippen molar-refractivity contribution in [3.8, 4) is 11.8 Å². The Morgan fingerprint density at radius 1 is 1.24 bits per heavy atom. The van der Waals surface area contributed by atoms with E-state index in [2.05, 4.69) is 0 Å². The van der Waals surface area contributed by atoms with Crippen molar-refractivity contribution in [1.29, 1.82) is 5.26 Å². The van der Waals surface area contributed by atoms with Gasteiger partial charge in [0.15, 0.2) is 0 Å². The minimum absolute atomic E-state index is 0.138. The van der Waals surface area contributed by atoms with Crippen LogP contribution in [0.1, 0.15) is 12.8 Å². The number of rotatable bonds is 5. The van der Waals surface area contributed by atoms with Crippen LogP contribution in [0.15, 0.2) is 24.3 Å². The molecule has 1 saturated heterocycles. The Balaban J connectivity index is 2.09. The van der Waals surface area contributed by atoms with E-state index in [-0.39, 0.29) is 24.9 Å². The molecule has 0 saturated carbocycles. The second kappa shape index (κ2) is 6.75. The first-order valence-electron chi connectivity index (χ1n) is 6.75. The minimum atomic E-state index is -0.241. The molecule has 0 aliphatic carbocycles. The molecule has 2 rings (SSSR count). The third-order valence-electron chi connectivity index (χ3n) is 3.35. The first-order valence-corrected chi connectivity index (χ1v) is 6.75. The lowest BCUT2D eigenvalue weighted by Gasteiger charge is -2.34. The average molecular weight is 287 g/mol. The Kier molecular flexibility index (Phi) is 4.77. The molecule has 6 nitrogen and oxygen atoms in total. The molecule has 6 heteroatoms. The Morgan fingerprint density at radius 3 is 2.52 bits per heavy atom. The van der Waals surface area contributed by atoms with Crippen molar-refractivity contribution < 1.29 is 14.3 Å². The van der Waals surface area contributed by atoms with Gasteiger partial charge in [0.1, 0.15) is 5.75 Å². The second-order valence-electron chi connectivity index (χ2n) is 4.73. The summed E-state index contributed by atoms with van der Waals surface area (Å²) in [5.74, 6) is 0.154. The van der Waals surface area contributed by atoms with Crippen LogP contribution in [0.25, 0.3) is 0 Å². The highest BCUT2D eigenvalue weighted by molar-refractivity contribution is 6.03. The fourth-order valence-electron chi connectivity index (χ4n) is 2.32. The standard InChI is InChI=1S/C15H17N3O3/c1-21-13-7-3-2-6-12(13)17-10-14(19)18(15(20)11-17)9-5-4-8-16/h2-3,6-7H,4-5,9-11H2,1H3. The molecule has 1 aromatic carbocycles. The number of methoxy groups -OCH3 is 1. The van der Waals surface area contributed by atoms with Crippen LogP contribution in [0, 0.1) is 11.3 Å². The van der Waals surface area contributed by atoms with Gasteiger partial charge in [-0.25, -0.2) is 0 Å². The lowest BCUT2D eigenvalue weighted by Crippen LogP contribution is -2.54. The number of carbonyl (C=O) groups excluding carboxylic acids is 2. The van der Waals surface area contributed by atoms with E-state index >= 15 is 0 Å². The van der Waals surface area contributed by atoms with Gasteiger partial charge in [0.25, 0.3) is 0 Å². The van der Waals surface area contributed by atoms with Gasteiger partial charge in [0, 0.05) is 13.0 Å². The Morgan fingerprint density at radius 2 is 1.90 bits per heavy atom. The molecule has 1 heterocycles. The summed E-state index contributed by atoms with van der Waals surface area (Å²) in [4.78, 5) is 27.2. The van der Waals surface area contributed by atoms with Crippen LogP contribution in [0.4, 0.5) is 5.69 Å². The van der Waals surface area contributed by atoms with E-state index in [0.29, 0.717) is 25.1 Å². The van der Waals surface area contributed by atoms with Crippen LogP contribution >= 0.6 is 0 Å². The third-order valence-corrected chi connectivity index (χ3v) is 3.35. The molecule has 110 valence electrons. The summed E-state index contributed by atoms with van der Waals surface area (Å²) < 4.78 is 5.26. The van der Waals surface area contributed by atoms with Crippen LogP contribution in [0.3, 0.4) is 0 Å². The van der Waals surface area contributed by atoms with Crippen molar-refractivity contribution in [3.05, 3.63) is 24.3 Å². The van der Waals surface area contributed by atoms with E-state index in [1.54, 1.807) is 18.1 Å². The van der Waals surface area contributed by atoms with Gasteiger partial charge in [-0.2, -0.15) is 5.26 Å². The number of ether oxygens (including phenoxy) is 1. The molecule has 1 aliphatic rings. The predicted octanol–water partition coefficient (Wildman–Crippen LogP) is 1.17. The minimum Gasteiger partial charge on any atom is -0.495 e. The average Bonchev–Trinajstić information content (AvgIpc) is 2.49. The van der Waals surface area contributed by atoms with Gasteiger partial charge in [0.05, 0.1) is 32.0 Å². The molecular formula is C15H17N3O3. The first kappa shape index (κ1) is 14.9. The van der Waals surface area contributed by atoms with Crippen molar-refractivity contribution in [1.82, 2.24) is 4.90 Å². The number of amides is 2. The number of imide groups is 1. The smallest absolute Gasteiger partial charge is 0.248 e. The van der Waals surface area contributed by atoms with E-state index in [9.17, 15) is 9.59 Å². The summed E-state index contributed by atoms with van der Waals surface area (Å²) in [5.41, 5.74) is 0.735. The zero-order valence-corrected chi connectivity index (χ0v) is 11.9. The lowest BCUT2D eigenvalue weighted by molar-refractivity contribution is -0.145. The molecule has 2 amide bonds. The molecule has 21 heavy (non-hydrogen) atoms. The summed E-state index contributed by atoms with van der Waals surface area (Å²) in [6, 6.07) is 9.31. The molecule has 1 aromatic rings. The SMILES string of the molecule is COc1ccccc1N1CC(=O)N(CCCC#N)C(=O)C1. The summed E-state index contributed by atoms with van der Waals surface area (Å²) in [5, 5.41) is 8.52. The number of para-hydroxylation sites is 2. The van der Waals surface area contributed by atoms with Gasteiger partial charge in [0.2, 0.25) is 11.8 Å². The Hall–Kier alpha value is -2.55. The summed E-state index contributed by atoms with van der Waals surface area (Å²) in [6.07, 6.45) is 0.857. The maximum atomic E-state index is 12.1. The van der Waals surface area contributed by atoms with Crippen LogP contribution in [-0.4, -0.2) is 43.5 Å².